The van der Waals surface area contributed by atoms with Gasteiger partial charge < -0.3 is 15.0 Å². The average Bonchev–Trinajstić information content (AvgIpc) is 2.84. The van der Waals surface area contributed by atoms with Crippen LogP contribution in [0.3, 0.4) is 0 Å². The van der Waals surface area contributed by atoms with Gasteiger partial charge in [-0.2, -0.15) is 0 Å². The zero-order chi connectivity index (χ0) is 15.7. The third-order valence-electron chi connectivity index (χ3n) is 4.80. The molecule has 2 saturated heterocycles. The molecule has 1 aromatic rings. The molecule has 2 fully saturated rings. The zero-order valence-electron chi connectivity index (χ0n) is 13.5. The Hall–Kier alpha value is -0.780. The summed E-state index contributed by atoms with van der Waals surface area (Å²) in [7, 11) is 1.92. The summed E-state index contributed by atoms with van der Waals surface area (Å²) in [5.41, 5.74) is 0. The molecule has 1 N–H and O–H groups in total. The minimum atomic E-state index is -0.466. The minimum Gasteiger partial charge on any atom is -0.481 e. The molecule has 0 spiro atoms. The van der Waals surface area contributed by atoms with Gasteiger partial charge in [-0.05, 0) is 50.8 Å². The van der Waals surface area contributed by atoms with Crippen LogP contribution >= 0.6 is 28.3 Å². The number of carbonyl (C=O) groups is 1. The van der Waals surface area contributed by atoms with Gasteiger partial charge in [-0.15, -0.1) is 12.4 Å². The summed E-state index contributed by atoms with van der Waals surface area (Å²) in [6, 6.07) is 9.11. The van der Waals surface area contributed by atoms with E-state index in [-0.39, 0.29) is 18.3 Å². The number of fused-ring (bicyclic) bond motifs is 2. The highest BCUT2D eigenvalue weighted by atomic mass is 79.9. The first-order chi connectivity index (χ1) is 10.5. The van der Waals surface area contributed by atoms with Crippen molar-refractivity contribution in [2.45, 2.75) is 56.8 Å². The molecule has 0 aromatic heterocycles. The number of likely N-dealkylation sites (N-methyl/N-ethyl adjacent to an activating group) is 1. The van der Waals surface area contributed by atoms with Gasteiger partial charge in [0.15, 0.2) is 6.10 Å². The molecule has 0 saturated carbocycles. The van der Waals surface area contributed by atoms with Crippen molar-refractivity contribution in [2.24, 2.45) is 0 Å². The molecule has 1 aromatic carbocycles. The predicted octanol–water partition coefficient (Wildman–Crippen LogP) is 3.38. The molecule has 2 heterocycles. The molecule has 3 rings (SSSR count). The van der Waals surface area contributed by atoms with Gasteiger partial charge in [0.25, 0.3) is 5.91 Å². The SMILES string of the molecule is CC(Oc1cccc(Br)c1)C(=O)N(C)C1CC2CCC(C1)N2.Cl. The maximum absolute atomic E-state index is 12.6. The Morgan fingerprint density at radius 2 is 2.00 bits per heavy atom. The zero-order valence-corrected chi connectivity index (χ0v) is 15.9. The highest BCUT2D eigenvalue weighted by molar-refractivity contribution is 9.10. The number of piperidine rings is 1. The van der Waals surface area contributed by atoms with Crippen molar-refractivity contribution in [1.29, 1.82) is 0 Å². The molecular formula is C17H24BrClN2O2. The van der Waals surface area contributed by atoms with E-state index >= 15 is 0 Å². The van der Waals surface area contributed by atoms with Crippen molar-refractivity contribution < 1.29 is 9.53 Å². The lowest BCUT2D eigenvalue weighted by atomic mass is 9.98. The fraction of sp³-hybridized carbons (Fsp3) is 0.588. The quantitative estimate of drug-likeness (QED) is 0.838. The molecule has 3 unspecified atom stereocenters. The maximum Gasteiger partial charge on any atom is 0.263 e. The standard InChI is InChI=1S/C17H23BrN2O2.ClH/c1-11(22-16-5-3-4-12(18)8-16)17(21)20(2)15-9-13-6-7-14(10-15)19-13;/h3-5,8,11,13-15,19H,6-7,9-10H2,1-2H3;1H. The number of halogens is 2. The third-order valence-corrected chi connectivity index (χ3v) is 5.29. The molecule has 2 bridgehead atoms. The number of benzene rings is 1. The van der Waals surface area contributed by atoms with Gasteiger partial charge in [0, 0.05) is 29.6 Å². The molecule has 3 atom stereocenters. The Morgan fingerprint density at radius 3 is 2.61 bits per heavy atom. The summed E-state index contributed by atoms with van der Waals surface area (Å²) in [5.74, 6) is 0.778. The van der Waals surface area contributed by atoms with Gasteiger partial charge in [0.05, 0.1) is 0 Å². The van der Waals surface area contributed by atoms with Crippen LogP contribution in [0.2, 0.25) is 0 Å². The fourth-order valence-corrected chi connectivity index (χ4v) is 3.98. The van der Waals surface area contributed by atoms with E-state index < -0.39 is 6.10 Å². The molecule has 23 heavy (non-hydrogen) atoms. The Balaban J connectivity index is 0.00000192. The summed E-state index contributed by atoms with van der Waals surface area (Å²) in [6.07, 6.45) is 4.14. The summed E-state index contributed by atoms with van der Waals surface area (Å²) in [5, 5.41) is 3.61. The molecule has 1 amide bonds. The number of rotatable bonds is 4. The molecule has 128 valence electrons. The van der Waals surface area contributed by atoms with E-state index in [1.807, 2.05) is 43.1 Å². The smallest absolute Gasteiger partial charge is 0.263 e. The van der Waals surface area contributed by atoms with Crippen LogP contribution < -0.4 is 10.1 Å². The first kappa shape index (κ1) is 18.6. The number of nitrogens with one attached hydrogen (secondary N) is 1. The second kappa shape index (κ2) is 7.86. The van der Waals surface area contributed by atoms with E-state index in [4.69, 9.17) is 4.74 Å². The van der Waals surface area contributed by atoms with Crippen LogP contribution in [-0.4, -0.2) is 42.1 Å². The third kappa shape index (κ3) is 4.40. The molecule has 2 aliphatic heterocycles. The van der Waals surface area contributed by atoms with E-state index in [2.05, 4.69) is 21.2 Å². The lowest BCUT2D eigenvalue weighted by Gasteiger charge is -2.36. The van der Waals surface area contributed by atoms with Crippen LogP contribution in [0.15, 0.2) is 28.7 Å². The predicted molar refractivity (Wildman–Crippen MR) is 97.2 cm³/mol. The molecule has 4 nitrogen and oxygen atoms in total. The Kier molecular flexibility index (Phi) is 6.34. The number of hydrogen-bond acceptors (Lipinski definition) is 3. The van der Waals surface area contributed by atoms with Crippen molar-refractivity contribution >= 4 is 34.2 Å². The molecule has 2 aliphatic rings. The van der Waals surface area contributed by atoms with Gasteiger partial charge in [-0.3, -0.25) is 4.79 Å². The summed E-state index contributed by atoms with van der Waals surface area (Å²) < 4.78 is 6.75. The van der Waals surface area contributed by atoms with Crippen LogP contribution in [0.1, 0.15) is 32.6 Å². The highest BCUT2D eigenvalue weighted by Gasteiger charge is 2.37. The summed E-state index contributed by atoms with van der Waals surface area (Å²) >= 11 is 3.42. The van der Waals surface area contributed by atoms with Crippen molar-refractivity contribution in [3.8, 4) is 5.75 Å². The largest absolute Gasteiger partial charge is 0.481 e. The number of amides is 1. The van der Waals surface area contributed by atoms with E-state index in [0.717, 1.165) is 17.3 Å². The van der Waals surface area contributed by atoms with Gasteiger partial charge in [0.2, 0.25) is 0 Å². The number of hydrogen-bond donors (Lipinski definition) is 1. The van der Waals surface area contributed by atoms with Crippen LogP contribution in [0.5, 0.6) is 5.75 Å². The van der Waals surface area contributed by atoms with Crippen LogP contribution in [-0.2, 0) is 4.79 Å². The average molecular weight is 404 g/mol. The Morgan fingerprint density at radius 1 is 1.35 bits per heavy atom. The van der Waals surface area contributed by atoms with Crippen molar-refractivity contribution in [2.75, 3.05) is 7.05 Å². The lowest BCUT2D eigenvalue weighted by molar-refractivity contribution is -0.139. The molecular weight excluding hydrogens is 380 g/mol. The Labute approximate surface area is 152 Å². The minimum absolute atomic E-state index is 0. The van der Waals surface area contributed by atoms with Gasteiger partial charge >= 0.3 is 0 Å². The van der Waals surface area contributed by atoms with E-state index in [1.54, 1.807) is 0 Å². The molecule has 0 aliphatic carbocycles. The van der Waals surface area contributed by atoms with Crippen molar-refractivity contribution in [3.05, 3.63) is 28.7 Å². The van der Waals surface area contributed by atoms with Crippen LogP contribution in [0.4, 0.5) is 0 Å². The van der Waals surface area contributed by atoms with Crippen molar-refractivity contribution in [1.82, 2.24) is 10.2 Å². The second-order valence-electron chi connectivity index (χ2n) is 6.43. The number of carbonyl (C=O) groups excluding carboxylic acids is 1. The van der Waals surface area contributed by atoms with E-state index in [9.17, 15) is 4.79 Å². The second-order valence-corrected chi connectivity index (χ2v) is 7.35. The number of nitrogens with zero attached hydrogens (tertiary/aromatic N) is 1. The van der Waals surface area contributed by atoms with Gasteiger partial charge in [-0.1, -0.05) is 22.0 Å². The summed E-state index contributed by atoms with van der Waals surface area (Å²) in [6.45, 7) is 1.83. The monoisotopic (exact) mass is 402 g/mol. The van der Waals surface area contributed by atoms with E-state index in [0.29, 0.717) is 23.9 Å². The Bertz CT molecular complexity index is 545. The van der Waals surface area contributed by atoms with E-state index in [1.165, 1.54) is 12.8 Å². The van der Waals surface area contributed by atoms with Gasteiger partial charge in [-0.25, -0.2) is 0 Å². The fourth-order valence-electron chi connectivity index (χ4n) is 3.61. The maximum atomic E-state index is 12.6. The lowest BCUT2D eigenvalue weighted by Crippen LogP contribution is -2.51. The van der Waals surface area contributed by atoms with Crippen molar-refractivity contribution in [3.63, 3.8) is 0 Å². The topological polar surface area (TPSA) is 41.6 Å². The van der Waals surface area contributed by atoms with Crippen LogP contribution in [0.25, 0.3) is 0 Å². The van der Waals surface area contributed by atoms with Crippen LogP contribution in [0, 0.1) is 0 Å². The number of ether oxygens (including phenoxy) is 1. The normalized spacial score (nSPS) is 27.0. The van der Waals surface area contributed by atoms with Gasteiger partial charge in [0.1, 0.15) is 5.75 Å². The first-order valence-corrected chi connectivity index (χ1v) is 8.77. The highest BCUT2D eigenvalue weighted by Crippen LogP contribution is 2.29. The summed E-state index contributed by atoms with van der Waals surface area (Å²) in [4.78, 5) is 14.5. The first-order valence-electron chi connectivity index (χ1n) is 7.98. The molecule has 0 radical (unpaired) electrons. The molecule has 6 heteroatoms.